The number of anilines is 1. The second kappa shape index (κ2) is 8.95. The normalized spacial score (nSPS) is 10.9. The van der Waals surface area contributed by atoms with Gasteiger partial charge in [0.2, 0.25) is 5.91 Å². The van der Waals surface area contributed by atoms with E-state index in [0.29, 0.717) is 5.11 Å². The minimum atomic E-state index is -0.0862. The van der Waals surface area contributed by atoms with Crippen LogP contribution in [-0.4, -0.2) is 28.3 Å². The summed E-state index contributed by atoms with van der Waals surface area (Å²) in [7, 11) is 0. The van der Waals surface area contributed by atoms with Crippen LogP contribution in [0.2, 0.25) is 0 Å². The lowest BCUT2D eigenvalue weighted by atomic mass is 10.2. The number of amides is 1. The van der Waals surface area contributed by atoms with Crippen molar-refractivity contribution in [3.05, 3.63) is 66.4 Å². The second-order valence-electron chi connectivity index (χ2n) is 5.87. The van der Waals surface area contributed by atoms with Crippen LogP contribution in [0.15, 0.2) is 65.9 Å². The van der Waals surface area contributed by atoms with Crippen molar-refractivity contribution in [2.75, 3.05) is 11.9 Å². The molecule has 0 radical (unpaired) electrons. The molecule has 1 heterocycles. The van der Waals surface area contributed by atoms with Gasteiger partial charge in [-0.3, -0.25) is 10.2 Å². The van der Waals surface area contributed by atoms with Crippen molar-refractivity contribution in [2.45, 2.75) is 13.5 Å². The van der Waals surface area contributed by atoms with E-state index in [1.807, 2.05) is 72.3 Å². The Morgan fingerprint density at radius 1 is 1.15 bits per heavy atom. The van der Waals surface area contributed by atoms with Gasteiger partial charge in [-0.1, -0.05) is 36.4 Å². The minimum absolute atomic E-state index is 0.0862. The Labute approximate surface area is 163 Å². The maximum atomic E-state index is 12.4. The molecule has 0 unspecified atom stereocenters. The van der Waals surface area contributed by atoms with Crippen molar-refractivity contribution in [1.29, 1.82) is 0 Å². The maximum absolute atomic E-state index is 12.4. The first kappa shape index (κ1) is 18.6. The van der Waals surface area contributed by atoms with Crippen LogP contribution in [0.5, 0.6) is 0 Å². The average Bonchev–Trinajstić information content (AvgIpc) is 3.00. The summed E-state index contributed by atoms with van der Waals surface area (Å²) < 4.78 is 1.91. The van der Waals surface area contributed by atoms with Gasteiger partial charge in [0, 0.05) is 34.9 Å². The number of hydrogen-bond donors (Lipinski definition) is 3. The molecule has 0 saturated carbocycles. The summed E-state index contributed by atoms with van der Waals surface area (Å²) in [5.74, 6) is -0.0862. The van der Waals surface area contributed by atoms with Crippen LogP contribution in [-0.2, 0) is 11.3 Å². The third kappa shape index (κ3) is 4.92. The zero-order valence-corrected chi connectivity index (χ0v) is 15.8. The number of thiocarbonyl (C=S) groups is 1. The summed E-state index contributed by atoms with van der Waals surface area (Å²) in [5.41, 5.74) is 5.44. The van der Waals surface area contributed by atoms with E-state index in [1.54, 1.807) is 6.21 Å². The highest BCUT2D eigenvalue weighted by molar-refractivity contribution is 7.80. The minimum Gasteiger partial charge on any atom is -0.362 e. The number of carbonyl (C=O) groups excluding carboxylic acids is 1. The van der Waals surface area contributed by atoms with E-state index in [9.17, 15) is 4.79 Å². The summed E-state index contributed by atoms with van der Waals surface area (Å²) in [6.07, 6.45) is 3.62. The average molecular weight is 379 g/mol. The Morgan fingerprint density at radius 3 is 2.67 bits per heavy atom. The van der Waals surface area contributed by atoms with Crippen molar-refractivity contribution < 1.29 is 4.79 Å². The Bertz CT molecular complexity index is 965. The van der Waals surface area contributed by atoms with Gasteiger partial charge >= 0.3 is 0 Å². The van der Waals surface area contributed by atoms with E-state index >= 15 is 0 Å². The molecule has 0 aliphatic carbocycles. The summed E-state index contributed by atoms with van der Waals surface area (Å²) in [4.78, 5) is 12.4. The van der Waals surface area contributed by atoms with Gasteiger partial charge in [-0.15, -0.1) is 0 Å². The highest BCUT2D eigenvalue weighted by atomic mass is 32.1. The molecule has 0 aliphatic rings. The molecule has 3 rings (SSSR count). The number of hydrogen-bond acceptors (Lipinski definition) is 3. The smallest absolute Gasteiger partial charge is 0.244 e. The molecule has 0 fully saturated rings. The Hall–Kier alpha value is -3.19. The molecule has 1 aromatic heterocycles. The van der Waals surface area contributed by atoms with Crippen molar-refractivity contribution in [3.63, 3.8) is 0 Å². The van der Waals surface area contributed by atoms with Gasteiger partial charge in [0.1, 0.15) is 6.54 Å². The number of para-hydroxylation sites is 2. The third-order valence-electron chi connectivity index (χ3n) is 3.90. The van der Waals surface area contributed by atoms with E-state index in [0.717, 1.165) is 28.7 Å². The zero-order valence-electron chi connectivity index (χ0n) is 15.0. The number of nitrogens with zero attached hydrogens (tertiary/aromatic N) is 2. The number of benzene rings is 2. The molecule has 0 saturated heterocycles. The predicted molar refractivity (Wildman–Crippen MR) is 114 cm³/mol. The fourth-order valence-electron chi connectivity index (χ4n) is 2.75. The first-order valence-electron chi connectivity index (χ1n) is 8.67. The van der Waals surface area contributed by atoms with Gasteiger partial charge < -0.3 is 15.2 Å². The summed E-state index contributed by atoms with van der Waals surface area (Å²) in [6.45, 7) is 2.91. The SMILES string of the molecule is CCNC(=S)N/N=C\c1cn(CC(=O)Nc2ccccc2)c2ccccc12. The number of fused-ring (bicyclic) bond motifs is 1. The molecule has 7 heteroatoms. The van der Waals surface area contributed by atoms with E-state index in [2.05, 4.69) is 21.2 Å². The molecule has 0 bridgehead atoms. The van der Waals surface area contributed by atoms with Crippen molar-refractivity contribution in [3.8, 4) is 0 Å². The van der Waals surface area contributed by atoms with Crippen LogP contribution >= 0.6 is 12.2 Å². The van der Waals surface area contributed by atoms with E-state index < -0.39 is 0 Å². The highest BCUT2D eigenvalue weighted by Crippen LogP contribution is 2.20. The quantitative estimate of drug-likeness (QED) is 0.350. The Balaban J connectivity index is 1.77. The lowest BCUT2D eigenvalue weighted by molar-refractivity contribution is -0.116. The molecular weight excluding hydrogens is 358 g/mol. The summed E-state index contributed by atoms with van der Waals surface area (Å²) in [6, 6.07) is 17.3. The van der Waals surface area contributed by atoms with E-state index in [1.165, 1.54) is 0 Å². The molecular formula is C20H21N5OS. The third-order valence-corrected chi connectivity index (χ3v) is 4.13. The van der Waals surface area contributed by atoms with Crippen molar-refractivity contribution in [2.24, 2.45) is 5.10 Å². The largest absolute Gasteiger partial charge is 0.362 e. The number of nitrogens with one attached hydrogen (secondary N) is 3. The molecule has 0 spiro atoms. The first-order valence-corrected chi connectivity index (χ1v) is 9.08. The molecule has 1 amide bonds. The summed E-state index contributed by atoms with van der Waals surface area (Å²) in [5, 5.41) is 11.5. The topological polar surface area (TPSA) is 70.5 Å². The zero-order chi connectivity index (χ0) is 19.1. The van der Waals surface area contributed by atoms with Gasteiger partial charge in [0.15, 0.2) is 5.11 Å². The molecule has 27 heavy (non-hydrogen) atoms. The number of aromatic nitrogens is 1. The van der Waals surface area contributed by atoms with Crippen LogP contribution in [0.1, 0.15) is 12.5 Å². The first-order chi connectivity index (χ1) is 13.2. The van der Waals surface area contributed by atoms with Crippen LogP contribution in [0.4, 0.5) is 5.69 Å². The highest BCUT2D eigenvalue weighted by Gasteiger charge is 2.10. The van der Waals surface area contributed by atoms with E-state index in [4.69, 9.17) is 12.2 Å². The number of carbonyl (C=O) groups is 1. The fraction of sp³-hybridized carbons (Fsp3) is 0.150. The molecule has 3 N–H and O–H groups in total. The monoisotopic (exact) mass is 379 g/mol. The summed E-state index contributed by atoms with van der Waals surface area (Å²) >= 11 is 5.09. The standard InChI is InChI=1S/C20H21N5OS/c1-2-21-20(27)24-22-12-15-13-25(18-11-7-6-10-17(15)18)14-19(26)23-16-8-4-3-5-9-16/h3-13H,2,14H2,1H3,(H,23,26)(H2,21,24,27)/b22-12-. The van der Waals surface area contributed by atoms with Crippen LogP contribution < -0.4 is 16.1 Å². The predicted octanol–water partition coefficient (Wildman–Crippen LogP) is 3.10. The second-order valence-corrected chi connectivity index (χ2v) is 6.28. The molecule has 0 atom stereocenters. The molecule has 6 nitrogen and oxygen atoms in total. The van der Waals surface area contributed by atoms with Gasteiger partial charge in [-0.05, 0) is 37.3 Å². The van der Waals surface area contributed by atoms with Gasteiger partial charge in [0.25, 0.3) is 0 Å². The molecule has 3 aromatic rings. The lowest BCUT2D eigenvalue weighted by Gasteiger charge is -2.07. The fourth-order valence-corrected chi connectivity index (χ4v) is 2.94. The molecule has 2 aromatic carbocycles. The van der Waals surface area contributed by atoms with Gasteiger partial charge in [-0.2, -0.15) is 5.10 Å². The van der Waals surface area contributed by atoms with Crippen LogP contribution in [0.25, 0.3) is 10.9 Å². The Morgan fingerprint density at radius 2 is 1.89 bits per heavy atom. The van der Waals surface area contributed by atoms with Crippen molar-refractivity contribution in [1.82, 2.24) is 15.3 Å². The van der Waals surface area contributed by atoms with Crippen LogP contribution in [0, 0.1) is 0 Å². The number of rotatable bonds is 6. The number of hydrazone groups is 1. The lowest BCUT2D eigenvalue weighted by Crippen LogP contribution is -2.31. The molecule has 0 aliphatic heterocycles. The van der Waals surface area contributed by atoms with Crippen LogP contribution in [0.3, 0.4) is 0 Å². The van der Waals surface area contributed by atoms with Gasteiger partial charge in [-0.25, -0.2) is 0 Å². The maximum Gasteiger partial charge on any atom is 0.244 e. The van der Waals surface area contributed by atoms with Crippen molar-refractivity contribution >= 4 is 46.0 Å². The molecule has 138 valence electrons. The van der Waals surface area contributed by atoms with Gasteiger partial charge in [0.05, 0.1) is 6.21 Å². The van der Waals surface area contributed by atoms with E-state index in [-0.39, 0.29) is 12.5 Å². The Kier molecular flexibility index (Phi) is 6.17.